The van der Waals surface area contributed by atoms with Gasteiger partial charge < -0.3 is 15.6 Å². The minimum Gasteiger partial charge on any atom is -0.452 e. The van der Waals surface area contributed by atoms with Gasteiger partial charge in [-0.2, -0.15) is 0 Å². The number of hydrogen-bond acceptors (Lipinski definition) is 6. The van der Waals surface area contributed by atoms with E-state index in [1.54, 1.807) is 25.4 Å². The molecule has 0 amide bonds. The van der Waals surface area contributed by atoms with Gasteiger partial charge in [-0.1, -0.05) is 0 Å². The number of nitrogen functional groups attached to an aromatic ring is 1. The maximum absolute atomic E-state index is 9.30. The van der Waals surface area contributed by atoms with E-state index in [1.807, 2.05) is 19.1 Å². The molecule has 0 spiro atoms. The number of aromatic nitrogens is 2. The van der Waals surface area contributed by atoms with Crippen LogP contribution in [0, 0.1) is 6.92 Å². The molecule has 2 heterocycles. The SMILES string of the molecule is Cc1ncccc1Oc1cc(SCC(C)O)cnc1N. The van der Waals surface area contributed by atoms with E-state index in [9.17, 15) is 5.11 Å². The van der Waals surface area contributed by atoms with Crippen LogP contribution in [0.15, 0.2) is 35.5 Å². The van der Waals surface area contributed by atoms with E-state index < -0.39 is 0 Å². The number of pyridine rings is 2. The quantitative estimate of drug-likeness (QED) is 0.824. The van der Waals surface area contributed by atoms with E-state index in [4.69, 9.17) is 10.5 Å². The normalized spacial score (nSPS) is 12.2. The molecule has 3 N–H and O–H groups in total. The Labute approximate surface area is 122 Å². The third-order valence-corrected chi connectivity index (χ3v) is 3.73. The summed E-state index contributed by atoms with van der Waals surface area (Å²) in [6.07, 6.45) is 3.01. The smallest absolute Gasteiger partial charge is 0.170 e. The van der Waals surface area contributed by atoms with E-state index in [0.29, 0.717) is 23.1 Å². The summed E-state index contributed by atoms with van der Waals surface area (Å²) in [5.41, 5.74) is 6.61. The van der Waals surface area contributed by atoms with Gasteiger partial charge >= 0.3 is 0 Å². The zero-order valence-electron chi connectivity index (χ0n) is 11.4. The Morgan fingerprint density at radius 3 is 2.90 bits per heavy atom. The Bertz CT molecular complexity index is 590. The molecule has 5 nitrogen and oxygen atoms in total. The fraction of sp³-hybridized carbons (Fsp3) is 0.286. The molecule has 0 aliphatic heterocycles. The molecule has 0 bridgehead atoms. The molecule has 6 heteroatoms. The van der Waals surface area contributed by atoms with Crippen molar-refractivity contribution in [2.45, 2.75) is 24.8 Å². The van der Waals surface area contributed by atoms with E-state index >= 15 is 0 Å². The van der Waals surface area contributed by atoms with Crippen molar-refractivity contribution >= 4 is 17.6 Å². The van der Waals surface area contributed by atoms with Crippen molar-refractivity contribution < 1.29 is 9.84 Å². The number of thioether (sulfide) groups is 1. The van der Waals surface area contributed by atoms with Crippen LogP contribution in [0.4, 0.5) is 5.82 Å². The molecule has 0 aliphatic rings. The summed E-state index contributed by atoms with van der Waals surface area (Å²) in [6.45, 7) is 3.61. The van der Waals surface area contributed by atoms with Crippen LogP contribution in [-0.2, 0) is 0 Å². The van der Waals surface area contributed by atoms with Crippen molar-refractivity contribution in [3.8, 4) is 11.5 Å². The van der Waals surface area contributed by atoms with Crippen molar-refractivity contribution in [2.75, 3.05) is 11.5 Å². The summed E-state index contributed by atoms with van der Waals surface area (Å²) in [6, 6.07) is 5.46. The maximum atomic E-state index is 9.30. The van der Waals surface area contributed by atoms with Gasteiger partial charge in [-0.25, -0.2) is 4.98 Å². The molecule has 0 radical (unpaired) electrons. The van der Waals surface area contributed by atoms with Crippen molar-refractivity contribution in [1.82, 2.24) is 9.97 Å². The summed E-state index contributed by atoms with van der Waals surface area (Å²) < 4.78 is 5.76. The Kier molecular flexibility index (Phi) is 4.81. The van der Waals surface area contributed by atoms with Gasteiger partial charge in [0.2, 0.25) is 0 Å². The lowest BCUT2D eigenvalue weighted by Crippen LogP contribution is -2.03. The number of nitrogens with two attached hydrogens (primary N) is 1. The van der Waals surface area contributed by atoms with E-state index in [2.05, 4.69) is 9.97 Å². The lowest BCUT2D eigenvalue weighted by atomic mass is 10.3. The van der Waals surface area contributed by atoms with E-state index in [1.165, 1.54) is 11.8 Å². The van der Waals surface area contributed by atoms with Crippen LogP contribution in [0.5, 0.6) is 11.5 Å². The van der Waals surface area contributed by atoms with Gasteiger partial charge in [0.15, 0.2) is 11.6 Å². The third-order valence-electron chi connectivity index (χ3n) is 2.53. The van der Waals surface area contributed by atoms with Gasteiger partial charge in [0, 0.05) is 23.0 Å². The Balaban J connectivity index is 2.18. The first-order valence-electron chi connectivity index (χ1n) is 6.22. The number of nitrogens with zero attached hydrogens (tertiary/aromatic N) is 2. The van der Waals surface area contributed by atoms with Crippen LogP contribution in [0.3, 0.4) is 0 Å². The van der Waals surface area contributed by atoms with Crippen LogP contribution < -0.4 is 10.5 Å². The first kappa shape index (κ1) is 14.6. The number of rotatable bonds is 5. The number of hydrogen-bond donors (Lipinski definition) is 2. The molecule has 20 heavy (non-hydrogen) atoms. The Morgan fingerprint density at radius 2 is 2.20 bits per heavy atom. The molecule has 0 saturated heterocycles. The predicted octanol–water partition coefficient (Wildman–Crippen LogP) is 2.63. The fourth-order valence-corrected chi connectivity index (χ4v) is 2.26. The molecule has 1 unspecified atom stereocenters. The highest BCUT2D eigenvalue weighted by atomic mass is 32.2. The van der Waals surface area contributed by atoms with Crippen LogP contribution >= 0.6 is 11.8 Å². The molecule has 0 aromatic carbocycles. The maximum Gasteiger partial charge on any atom is 0.170 e. The number of aliphatic hydroxyl groups is 1. The first-order chi connectivity index (χ1) is 9.56. The molecule has 1 atom stereocenters. The number of aryl methyl sites for hydroxylation is 1. The van der Waals surface area contributed by atoms with Crippen LogP contribution in [0.1, 0.15) is 12.6 Å². The van der Waals surface area contributed by atoms with Gasteiger partial charge in [0.25, 0.3) is 0 Å². The van der Waals surface area contributed by atoms with Gasteiger partial charge in [0.1, 0.15) is 5.75 Å². The predicted molar refractivity (Wildman–Crippen MR) is 80.1 cm³/mol. The van der Waals surface area contributed by atoms with Crippen molar-refractivity contribution in [3.05, 3.63) is 36.3 Å². The van der Waals surface area contributed by atoms with Crippen LogP contribution in [0.25, 0.3) is 0 Å². The van der Waals surface area contributed by atoms with Gasteiger partial charge in [-0.15, -0.1) is 11.8 Å². The molecular weight excluding hydrogens is 274 g/mol. The fourth-order valence-electron chi connectivity index (χ4n) is 1.51. The van der Waals surface area contributed by atoms with Crippen LogP contribution in [-0.4, -0.2) is 26.9 Å². The topological polar surface area (TPSA) is 81.3 Å². The average Bonchev–Trinajstić information content (AvgIpc) is 2.42. The van der Waals surface area contributed by atoms with E-state index in [0.717, 1.165) is 10.6 Å². The first-order valence-corrected chi connectivity index (χ1v) is 7.20. The molecule has 106 valence electrons. The summed E-state index contributed by atoms with van der Waals surface area (Å²) >= 11 is 1.50. The average molecular weight is 291 g/mol. The highest BCUT2D eigenvalue weighted by Crippen LogP contribution is 2.31. The van der Waals surface area contributed by atoms with Crippen molar-refractivity contribution in [1.29, 1.82) is 0 Å². The second-order valence-electron chi connectivity index (χ2n) is 4.40. The van der Waals surface area contributed by atoms with Gasteiger partial charge in [-0.3, -0.25) is 4.98 Å². The zero-order chi connectivity index (χ0) is 14.5. The monoisotopic (exact) mass is 291 g/mol. The lowest BCUT2D eigenvalue weighted by Gasteiger charge is -2.11. The molecule has 0 aliphatic carbocycles. The van der Waals surface area contributed by atoms with E-state index in [-0.39, 0.29) is 6.10 Å². The Hall–Kier alpha value is -1.79. The molecule has 2 aromatic heterocycles. The van der Waals surface area contributed by atoms with Gasteiger partial charge in [-0.05, 0) is 32.0 Å². The lowest BCUT2D eigenvalue weighted by molar-refractivity contribution is 0.220. The summed E-state index contributed by atoms with van der Waals surface area (Å²) in [5.74, 6) is 2.07. The highest BCUT2D eigenvalue weighted by molar-refractivity contribution is 7.99. The molecule has 0 fully saturated rings. The van der Waals surface area contributed by atoms with Gasteiger partial charge in [0.05, 0.1) is 11.8 Å². The highest BCUT2D eigenvalue weighted by Gasteiger charge is 2.08. The second-order valence-corrected chi connectivity index (χ2v) is 5.50. The minimum absolute atomic E-state index is 0.328. The molecule has 2 aromatic rings. The van der Waals surface area contributed by atoms with Crippen molar-refractivity contribution in [3.63, 3.8) is 0 Å². The third kappa shape index (κ3) is 3.85. The number of anilines is 1. The molecule has 2 rings (SSSR count). The second kappa shape index (κ2) is 6.58. The molecular formula is C14H17N3O2S. The number of ether oxygens (including phenoxy) is 1. The molecule has 0 saturated carbocycles. The Morgan fingerprint density at radius 1 is 1.40 bits per heavy atom. The zero-order valence-corrected chi connectivity index (χ0v) is 12.2. The largest absolute Gasteiger partial charge is 0.452 e. The van der Waals surface area contributed by atoms with Crippen LogP contribution in [0.2, 0.25) is 0 Å². The standard InChI is InChI=1S/C14H17N3O2S/c1-9(18)8-20-11-6-13(14(15)17-7-11)19-12-4-3-5-16-10(12)2/h3-7,9,18H,8H2,1-2H3,(H2,15,17). The van der Waals surface area contributed by atoms with Crippen molar-refractivity contribution in [2.24, 2.45) is 0 Å². The summed E-state index contributed by atoms with van der Waals surface area (Å²) in [5, 5.41) is 9.30. The summed E-state index contributed by atoms with van der Waals surface area (Å²) in [4.78, 5) is 9.17. The summed E-state index contributed by atoms with van der Waals surface area (Å²) in [7, 11) is 0. The number of aliphatic hydroxyl groups excluding tert-OH is 1. The minimum atomic E-state index is -0.373.